The van der Waals surface area contributed by atoms with E-state index < -0.39 is 0 Å². The smallest absolute Gasteiger partial charge is 0.132 e. The summed E-state index contributed by atoms with van der Waals surface area (Å²) in [6.07, 6.45) is 5.23. The molecule has 24 heavy (non-hydrogen) atoms. The third kappa shape index (κ3) is 2.77. The number of pyridine rings is 2. The zero-order chi connectivity index (χ0) is 16.4. The average molecular weight is 317 g/mol. The summed E-state index contributed by atoms with van der Waals surface area (Å²) in [4.78, 5) is 8.50. The van der Waals surface area contributed by atoms with Crippen molar-refractivity contribution in [2.45, 2.75) is 6.61 Å². The second-order valence-electron chi connectivity index (χ2n) is 5.40. The van der Waals surface area contributed by atoms with Crippen LogP contribution in [0.1, 0.15) is 5.56 Å². The largest absolute Gasteiger partial charge is 0.488 e. The second-order valence-corrected chi connectivity index (χ2v) is 5.40. The number of nitrogen functional groups attached to an aromatic ring is 1. The van der Waals surface area contributed by atoms with Crippen molar-refractivity contribution < 1.29 is 4.74 Å². The Morgan fingerprint density at radius 3 is 2.83 bits per heavy atom. The fraction of sp³-hybridized carbons (Fsp3) is 0.0556. The number of H-pyrrole nitrogens is 1. The lowest BCUT2D eigenvalue weighted by Gasteiger charge is -2.11. The molecule has 4 aromatic rings. The predicted molar refractivity (Wildman–Crippen MR) is 92.3 cm³/mol. The Kier molecular flexibility index (Phi) is 3.55. The molecule has 0 radical (unpaired) electrons. The van der Waals surface area contributed by atoms with Crippen LogP contribution >= 0.6 is 0 Å². The number of nitrogens with zero attached hydrogens (tertiary/aromatic N) is 3. The molecule has 3 aromatic heterocycles. The van der Waals surface area contributed by atoms with Crippen LogP contribution < -0.4 is 10.5 Å². The van der Waals surface area contributed by atoms with Crippen LogP contribution in [-0.4, -0.2) is 20.2 Å². The Morgan fingerprint density at radius 1 is 1.08 bits per heavy atom. The Morgan fingerprint density at radius 2 is 2.04 bits per heavy atom. The van der Waals surface area contributed by atoms with Crippen LogP contribution in [-0.2, 0) is 6.61 Å². The summed E-state index contributed by atoms with van der Waals surface area (Å²) in [5, 5.41) is 7.84. The van der Waals surface area contributed by atoms with E-state index in [0.717, 1.165) is 27.7 Å². The van der Waals surface area contributed by atoms with Gasteiger partial charge in [-0.25, -0.2) is 4.98 Å². The van der Waals surface area contributed by atoms with E-state index in [0.29, 0.717) is 18.2 Å². The third-order valence-electron chi connectivity index (χ3n) is 3.72. The molecule has 0 unspecified atom stereocenters. The van der Waals surface area contributed by atoms with Crippen LogP contribution in [0.5, 0.6) is 5.75 Å². The fourth-order valence-corrected chi connectivity index (χ4v) is 2.56. The minimum Gasteiger partial charge on any atom is -0.488 e. The van der Waals surface area contributed by atoms with Crippen molar-refractivity contribution in [1.82, 2.24) is 20.2 Å². The van der Waals surface area contributed by atoms with E-state index in [2.05, 4.69) is 20.2 Å². The zero-order valence-corrected chi connectivity index (χ0v) is 12.8. The number of hydrogen-bond donors (Lipinski definition) is 2. The van der Waals surface area contributed by atoms with Crippen LogP contribution in [0.3, 0.4) is 0 Å². The summed E-state index contributed by atoms with van der Waals surface area (Å²) in [7, 11) is 0. The Labute approximate surface area is 138 Å². The number of nitrogens with one attached hydrogen (secondary N) is 1. The second kappa shape index (κ2) is 6.00. The first-order chi connectivity index (χ1) is 11.8. The molecular weight excluding hydrogens is 302 g/mol. The van der Waals surface area contributed by atoms with Crippen molar-refractivity contribution >= 4 is 16.7 Å². The van der Waals surface area contributed by atoms with E-state index >= 15 is 0 Å². The molecule has 0 aliphatic heterocycles. The molecule has 6 heteroatoms. The minimum absolute atomic E-state index is 0.422. The van der Waals surface area contributed by atoms with E-state index in [1.54, 1.807) is 24.7 Å². The standard InChI is InChI=1S/C18H15N5O/c19-18-9-17(24-11-12-2-1-6-20-10-12)14-4-3-13(8-16(14)22-18)15-5-7-21-23-15/h1-10H,11H2,(H2,19,22)(H,21,23). The molecule has 118 valence electrons. The van der Waals surface area contributed by atoms with Gasteiger partial charge in [-0.2, -0.15) is 5.10 Å². The third-order valence-corrected chi connectivity index (χ3v) is 3.72. The number of aromatic amines is 1. The van der Waals surface area contributed by atoms with Gasteiger partial charge in [0.2, 0.25) is 0 Å². The van der Waals surface area contributed by atoms with Crippen molar-refractivity contribution in [2.24, 2.45) is 0 Å². The van der Waals surface area contributed by atoms with Gasteiger partial charge in [0, 0.05) is 41.2 Å². The number of aromatic nitrogens is 4. The molecule has 0 fully saturated rings. The molecule has 0 saturated carbocycles. The summed E-state index contributed by atoms with van der Waals surface area (Å²) in [5.74, 6) is 1.13. The quantitative estimate of drug-likeness (QED) is 0.603. The van der Waals surface area contributed by atoms with Gasteiger partial charge in [0.25, 0.3) is 0 Å². The highest BCUT2D eigenvalue weighted by molar-refractivity contribution is 5.89. The van der Waals surface area contributed by atoms with E-state index in [-0.39, 0.29) is 0 Å². The first-order valence-electron chi connectivity index (χ1n) is 7.51. The lowest BCUT2D eigenvalue weighted by atomic mass is 10.1. The molecule has 6 nitrogen and oxygen atoms in total. The Hall–Kier alpha value is -3.41. The normalized spacial score (nSPS) is 10.8. The van der Waals surface area contributed by atoms with E-state index in [9.17, 15) is 0 Å². The van der Waals surface area contributed by atoms with Crippen molar-refractivity contribution in [2.75, 3.05) is 5.73 Å². The number of fused-ring (bicyclic) bond motifs is 1. The average Bonchev–Trinajstić information content (AvgIpc) is 3.14. The van der Waals surface area contributed by atoms with E-state index in [1.165, 1.54) is 0 Å². The molecule has 0 bridgehead atoms. The summed E-state index contributed by atoms with van der Waals surface area (Å²) in [6.45, 7) is 0.425. The van der Waals surface area contributed by atoms with Gasteiger partial charge in [0.15, 0.2) is 0 Å². The first-order valence-corrected chi connectivity index (χ1v) is 7.51. The molecule has 0 saturated heterocycles. The van der Waals surface area contributed by atoms with Crippen LogP contribution in [0.15, 0.2) is 61.1 Å². The van der Waals surface area contributed by atoms with Crippen LogP contribution in [0, 0.1) is 0 Å². The predicted octanol–water partition coefficient (Wildman–Crippen LogP) is 3.18. The summed E-state index contributed by atoms with van der Waals surface area (Å²) < 4.78 is 5.94. The molecule has 0 spiro atoms. The number of rotatable bonds is 4. The van der Waals surface area contributed by atoms with Gasteiger partial charge in [0.05, 0.1) is 11.2 Å². The minimum atomic E-state index is 0.422. The summed E-state index contributed by atoms with van der Waals surface area (Å²) in [5.41, 5.74) is 9.64. The number of anilines is 1. The summed E-state index contributed by atoms with van der Waals surface area (Å²) >= 11 is 0. The maximum absolute atomic E-state index is 5.94. The maximum atomic E-state index is 5.94. The fourth-order valence-electron chi connectivity index (χ4n) is 2.56. The first kappa shape index (κ1) is 14.2. The summed E-state index contributed by atoms with van der Waals surface area (Å²) in [6, 6.07) is 13.5. The number of benzene rings is 1. The molecule has 0 aliphatic rings. The monoisotopic (exact) mass is 317 g/mol. The number of ether oxygens (including phenoxy) is 1. The van der Waals surface area contributed by atoms with Gasteiger partial charge in [-0.3, -0.25) is 10.1 Å². The molecule has 1 aromatic carbocycles. The van der Waals surface area contributed by atoms with Crippen molar-refractivity contribution in [3.05, 3.63) is 66.6 Å². The SMILES string of the molecule is Nc1cc(OCc2cccnc2)c2ccc(-c3ccn[nH]3)cc2n1. The van der Waals surface area contributed by atoms with Gasteiger partial charge < -0.3 is 10.5 Å². The Bertz CT molecular complexity index is 968. The van der Waals surface area contributed by atoms with Gasteiger partial charge in [-0.05, 0) is 24.3 Å². The van der Waals surface area contributed by atoms with Crippen LogP contribution in [0.25, 0.3) is 22.2 Å². The Balaban J connectivity index is 1.70. The molecule has 3 N–H and O–H groups in total. The maximum Gasteiger partial charge on any atom is 0.132 e. The zero-order valence-electron chi connectivity index (χ0n) is 12.8. The van der Waals surface area contributed by atoms with Crippen molar-refractivity contribution in [3.8, 4) is 17.0 Å². The highest BCUT2D eigenvalue weighted by atomic mass is 16.5. The molecule has 0 aliphatic carbocycles. The van der Waals surface area contributed by atoms with Crippen LogP contribution in [0.4, 0.5) is 5.82 Å². The van der Waals surface area contributed by atoms with Gasteiger partial charge in [0.1, 0.15) is 18.2 Å². The number of hydrogen-bond acceptors (Lipinski definition) is 5. The van der Waals surface area contributed by atoms with Crippen molar-refractivity contribution in [1.29, 1.82) is 0 Å². The van der Waals surface area contributed by atoms with E-state index in [1.807, 2.05) is 36.4 Å². The molecule has 4 rings (SSSR count). The molecule has 0 amide bonds. The molecular formula is C18H15N5O. The highest BCUT2D eigenvalue weighted by Crippen LogP contribution is 2.30. The van der Waals surface area contributed by atoms with E-state index in [4.69, 9.17) is 10.5 Å². The lowest BCUT2D eigenvalue weighted by molar-refractivity contribution is 0.309. The molecule has 3 heterocycles. The number of nitrogens with two attached hydrogens (primary N) is 1. The topological polar surface area (TPSA) is 89.7 Å². The van der Waals surface area contributed by atoms with Gasteiger partial charge in [-0.15, -0.1) is 0 Å². The van der Waals surface area contributed by atoms with Gasteiger partial charge in [-0.1, -0.05) is 12.1 Å². The lowest BCUT2D eigenvalue weighted by Crippen LogP contribution is -1.99. The van der Waals surface area contributed by atoms with Crippen LogP contribution in [0.2, 0.25) is 0 Å². The van der Waals surface area contributed by atoms with Crippen molar-refractivity contribution in [3.63, 3.8) is 0 Å². The molecule has 0 atom stereocenters. The highest BCUT2D eigenvalue weighted by Gasteiger charge is 2.08. The van der Waals surface area contributed by atoms with Gasteiger partial charge >= 0.3 is 0 Å².